The molecule has 3 rings (SSSR count). The van der Waals surface area contributed by atoms with Gasteiger partial charge in [0.05, 0.1) is 5.92 Å². The molecule has 3 heteroatoms. The first-order valence-electron chi connectivity index (χ1n) is 8.32. The minimum atomic E-state index is -0.356. The molecule has 2 aromatic carbocycles. The maximum Gasteiger partial charge on any atom is 0.216 e. The minimum Gasteiger partial charge on any atom is -0.756 e. The predicted molar refractivity (Wildman–Crippen MR) is 96.3 cm³/mol. The second-order valence-corrected chi connectivity index (χ2v) is 6.48. The van der Waals surface area contributed by atoms with Gasteiger partial charge in [-0.2, -0.15) is 0 Å². The monoisotopic (exact) mass is 320 g/mol. The number of carbonyl (C=O) groups excluding carboxylic acids is 1. The summed E-state index contributed by atoms with van der Waals surface area (Å²) < 4.78 is 0. The fourth-order valence-corrected chi connectivity index (χ4v) is 3.76. The van der Waals surface area contributed by atoms with Gasteiger partial charge in [-0.15, -0.1) is 0 Å². The summed E-state index contributed by atoms with van der Waals surface area (Å²) in [6.45, 7) is 2.07. The molecule has 1 aliphatic carbocycles. The van der Waals surface area contributed by atoms with E-state index >= 15 is 0 Å². The Hall–Kier alpha value is -2.39. The smallest absolute Gasteiger partial charge is 0.216 e. The van der Waals surface area contributed by atoms with E-state index in [1.165, 1.54) is 12.6 Å². The van der Waals surface area contributed by atoms with Crippen LogP contribution in [0.25, 0.3) is 0 Å². The Bertz CT molecular complexity index is 709. The third-order valence-electron chi connectivity index (χ3n) is 5.01. The lowest BCUT2D eigenvalue weighted by atomic mass is 9.67. The van der Waals surface area contributed by atoms with Gasteiger partial charge in [0.25, 0.3) is 0 Å². The van der Waals surface area contributed by atoms with Crippen molar-refractivity contribution in [1.82, 2.24) is 5.06 Å². The van der Waals surface area contributed by atoms with Gasteiger partial charge in [-0.25, -0.2) is 0 Å². The van der Waals surface area contributed by atoms with Crippen LogP contribution in [0.4, 0.5) is 0 Å². The Morgan fingerprint density at radius 3 is 1.83 bits per heavy atom. The third-order valence-corrected chi connectivity index (χ3v) is 5.01. The molecule has 0 spiro atoms. The zero-order valence-corrected chi connectivity index (χ0v) is 14.0. The van der Waals surface area contributed by atoms with Crippen molar-refractivity contribution in [3.8, 4) is 0 Å². The van der Waals surface area contributed by atoms with Crippen LogP contribution in [0.2, 0.25) is 0 Å². The van der Waals surface area contributed by atoms with E-state index in [1.807, 2.05) is 48.5 Å². The largest absolute Gasteiger partial charge is 0.756 e. The molecule has 24 heavy (non-hydrogen) atoms. The molecule has 0 saturated heterocycles. The van der Waals surface area contributed by atoms with Crippen molar-refractivity contribution in [2.24, 2.45) is 11.8 Å². The van der Waals surface area contributed by atoms with Crippen LogP contribution in [-0.4, -0.2) is 18.0 Å². The van der Waals surface area contributed by atoms with Crippen molar-refractivity contribution < 1.29 is 4.79 Å². The molecule has 0 saturated carbocycles. The van der Waals surface area contributed by atoms with Crippen molar-refractivity contribution in [1.29, 1.82) is 0 Å². The van der Waals surface area contributed by atoms with Crippen LogP contribution in [0.15, 0.2) is 72.8 Å². The molecule has 3 nitrogen and oxygen atoms in total. The fraction of sp³-hybridized carbons (Fsp3) is 0.286. The first kappa shape index (κ1) is 16.5. The second-order valence-electron chi connectivity index (χ2n) is 6.48. The van der Waals surface area contributed by atoms with Gasteiger partial charge in [0.2, 0.25) is 5.91 Å². The third kappa shape index (κ3) is 3.13. The van der Waals surface area contributed by atoms with E-state index in [0.29, 0.717) is 5.06 Å². The normalized spacial score (nSPS) is 26.1. The van der Waals surface area contributed by atoms with Crippen molar-refractivity contribution in [3.05, 3.63) is 89.1 Å². The molecule has 1 amide bonds. The molecule has 124 valence electrons. The Morgan fingerprint density at radius 2 is 1.33 bits per heavy atom. The zero-order chi connectivity index (χ0) is 17.1. The van der Waals surface area contributed by atoms with E-state index in [2.05, 4.69) is 31.2 Å². The Balaban J connectivity index is 2.02. The summed E-state index contributed by atoms with van der Waals surface area (Å²) in [5.74, 6) is -0.580. The fourth-order valence-electron chi connectivity index (χ4n) is 3.76. The highest BCUT2D eigenvalue weighted by atomic mass is 16.5. The van der Waals surface area contributed by atoms with E-state index in [-0.39, 0.29) is 29.6 Å². The summed E-state index contributed by atoms with van der Waals surface area (Å²) in [7, 11) is 1.30. The molecule has 2 aromatic rings. The maximum absolute atomic E-state index is 12.6. The summed E-state index contributed by atoms with van der Waals surface area (Å²) >= 11 is 0. The maximum atomic E-state index is 12.6. The number of rotatable bonds is 3. The molecular formula is C21H22NO2-. The lowest BCUT2D eigenvalue weighted by Gasteiger charge is -2.40. The zero-order valence-electron chi connectivity index (χ0n) is 14.0. The molecule has 0 bridgehead atoms. The van der Waals surface area contributed by atoms with Gasteiger partial charge < -0.3 is 10.3 Å². The van der Waals surface area contributed by atoms with Crippen LogP contribution < -0.4 is 0 Å². The topological polar surface area (TPSA) is 43.4 Å². The SMILES string of the molecule is C[C@@H]1[C@H](C(=O)N(C)[O-])[C@H](c2ccccc2)C=C[C@@H]1c1ccccc1. The average molecular weight is 320 g/mol. The quantitative estimate of drug-likeness (QED) is 0.624. The van der Waals surface area contributed by atoms with E-state index in [1.54, 1.807) is 0 Å². The number of nitrogens with zero attached hydrogens (tertiary/aromatic N) is 1. The van der Waals surface area contributed by atoms with Crippen LogP contribution in [0, 0.1) is 17.0 Å². The Kier molecular flexibility index (Phi) is 4.81. The number of allylic oxidation sites excluding steroid dienone is 2. The number of hydroxylamine groups is 2. The van der Waals surface area contributed by atoms with E-state index in [0.717, 1.165) is 5.56 Å². The van der Waals surface area contributed by atoms with Crippen molar-refractivity contribution in [2.75, 3.05) is 7.05 Å². The minimum absolute atomic E-state index is 0.0477. The molecule has 0 fully saturated rings. The molecule has 4 atom stereocenters. The molecular weight excluding hydrogens is 298 g/mol. The van der Waals surface area contributed by atoms with Crippen LogP contribution in [0.5, 0.6) is 0 Å². The van der Waals surface area contributed by atoms with Crippen LogP contribution >= 0.6 is 0 Å². The van der Waals surface area contributed by atoms with E-state index in [4.69, 9.17) is 0 Å². The molecule has 0 aromatic heterocycles. The molecule has 0 aliphatic heterocycles. The van der Waals surface area contributed by atoms with Gasteiger partial charge in [-0.3, -0.25) is 4.79 Å². The highest BCUT2D eigenvalue weighted by molar-refractivity contribution is 5.81. The average Bonchev–Trinajstić information content (AvgIpc) is 2.62. The Labute approximate surface area is 143 Å². The second kappa shape index (κ2) is 7.02. The van der Waals surface area contributed by atoms with Gasteiger partial charge in [0, 0.05) is 11.8 Å². The summed E-state index contributed by atoms with van der Waals surface area (Å²) in [5.41, 5.74) is 2.26. The van der Waals surface area contributed by atoms with Crippen molar-refractivity contribution in [3.63, 3.8) is 0 Å². The highest BCUT2D eigenvalue weighted by Gasteiger charge is 2.39. The number of hydrogen-bond donors (Lipinski definition) is 0. The highest BCUT2D eigenvalue weighted by Crippen LogP contribution is 2.44. The number of benzene rings is 2. The predicted octanol–water partition coefficient (Wildman–Crippen LogP) is 4.33. The van der Waals surface area contributed by atoms with Crippen LogP contribution in [0.1, 0.15) is 29.9 Å². The summed E-state index contributed by atoms with van der Waals surface area (Å²) in [5, 5.41) is 12.2. The van der Waals surface area contributed by atoms with Crippen LogP contribution in [-0.2, 0) is 4.79 Å². The Morgan fingerprint density at radius 1 is 0.875 bits per heavy atom. The molecule has 0 N–H and O–H groups in total. The van der Waals surface area contributed by atoms with Gasteiger partial charge >= 0.3 is 0 Å². The van der Waals surface area contributed by atoms with Gasteiger partial charge in [0.1, 0.15) is 0 Å². The number of carbonyl (C=O) groups is 1. The van der Waals surface area contributed by atoms with Gasteiger partial charge in [-0.05, 0) is 24.1 Å². The first-order valence-corrected chi connectivity index (χ1v) is 8.32. The van der Waals surface area contributed by atoms with Crippen LogP contribution in [0.3, 0.4) is 0 Å². The number of amides is 1. The van der Waals surface area contributed by atoms with E-state index in [9.17, 15) is 10.0 Å². The van der Waals surface area contributed by atoms with E-state index < -0.39 is 0 Å². The molecule has 0 heterocycles. The summed E-state index contributed by atoms with van der Waals surface area (Å²) in [6, 6.07) is 20.1. The van der Waals surface area contributed by atoms with Gasteiger partial charge in [0.15, 0.2) is 0 Å². The standard InChI is InChI=1S/C21H22NO2/c1-15-18(16-9-5-3-6-10-16)13-14-19(17-11-7-4-8-12-17)20(15)21(23)22(2)24/h3-15,18-20H,1-2H3/q-1/t15-,18-,19-,20-/m0/s1. The molecule has 1 aliphatic rings. The van der Waals surface area contributed by atoms with Crippen molar-refractivity contribution in [2.45, 2.75) is 18.8 Å². The summed E-state index contributed by atoms with van der Waals surface area (Å²) in [4.78, 5) is 12.6. The number of hydrogen-bond acceptors (Lipinski definition) is 2. The molecule has 0 radical (unpaired) electrons. The lowest BCUT2D eigenvalue weighted by molar-refractivity contribution is -0.134. The first-order chi connectivity index (χ1) is 11.6. The van der Waals surface area contributed by atoms with Gasteiger partial charge in [-0.1, -0.05) is 79.7 Å². The molecule has 0 unspecified atom stereocenters. The summed E-state index contributed by atoms with van der Waals surface area (Å²) in [6.07, 6.45) is 4.28. The lowest BCUT2D eigenvalue weighted by Crippen LogP contribution is -2.39. The van der Waals surface area contributed by atoms with Crippen molar-refractivity contribution >= 4 is 5.91 Å².